The maximum Gasteiger partial charge on any atom is 0.123 e. The van der Waals surface area contributed by atoms with E-state index in [9.17, 15) is 4.39 Å². The summed E-state index contributed by atoms with van der Waals surface area (Å²) in [5.74, 6) is -0.215. The molecule has 22 heavy (non-hydrogen) atoms. The monoisotopic (exact) mass is 326 g/mol. The van der Waals surface area contributed by atoms with Crippen LogP contribution in [0.25, 0.3) is 0 Å². The number of benzene rings is 1. The number of halogens is 2. The zero-order chi connectivity index (χ0) is 15.4. The molecule has 122 valence electrons. The molecule has 0 spiro atoms. The average molecular weight is 327 g/mol. The summed E-state index contributed by atoms with van der Waals surface area (Å²) in [5, 5.41) is 4.14. The van der Waals surface area contributed by atoms with E-state index in [1.54, 1.807) is 12.1 Å². The van der Waals surface area contributed by atoms with Gasteiger partial charge in [-0.15, -0.1) is 0 Å². The number of piperidine rings is 1. The van der Waals surface area contributed by atoms with Crippen LogP contribution in [0.3, 0.4) is 0 Å². The highest BCUT2D eigenvalue weighted by Gasteiger charge is 2.29. The van der Waals surface area contributed by atoms with E-state index in [0.29, 0.717) is 23.7 Å². The average Bonchev–Trinajstić information content (AvgIpc) is 2.57. The SMILES string of the molecule is Fc1ccc(Cl)c(CN(C2CCOCC2)[C@@H]2CCCNC2)c1. The highest BCUT2D eigenvalue weighted by molar-refractivity contribution is 6.31. The third-order valence-corrected chi connectivity index (χ3v) is 5.13. The molecule has 0 unspecified atom stereocenters. The Morgan fingerprint density at radius 2 is 2.05 bits per heavy atom. The van der Waals surface area contributed by atoms with Crippen LogP contribution in [-0.4, -0.2) is 43.3 Å². The minimum Gasteiger partial charge on any atom is -0.381 e. The van der Waals surface area contributed by atoms with Crippen LogP contribution in [0.15, 0.2) is 18.2 Å². The molecule has 2 saturated heterocycles. The van der Waals surface area contributed by atoms with Gasteiger partial charge in [0.2, 0.25) is 0 Å². The highest BCUT2D eigenvalue weighted by Crippen LogP contribution is 2.26. The second kappa shape index (κ2) is 7.73. The summed E-state index contributed by atoms with van der Waals surface area (Å²) in [6.07, 6.45) is 4.48. The van der Waals surface area contributed by atoms with E-state index in [2.05, 4.69) is 10.2 Å². The number of nitrogens with zero attached hydrogens (tertiary/aromatic N) is 1. The van der Waals surface area contributed by atoms with Crippen molar-refractivity contribution in [3.05, 3.63) is 34.6 Å². The maximum atomic E-state index is 13.6. The molecule has 2 heterocycles. The van der Waals surface area contributed by atoms with Gasteiger partial charge in [0.15, 0.2) is 0 Å². The summed E-state index contributed by atoms with van der Waals surface area (Å²) in [5.41, 5.74) is 0.888. The molecule has 0 aromatic heterocycles. The first kappa shape index (κ1) is 16.2. The van der Waals surface area contributed by atoms with Crippen molar-refractivity contribution in [2.45, 2.75) is 44.3 Å². The summed E-state index contributed by atoms with van der Waals surface area (Å²) in [7, 11) is 0. The molecule has 0 amide bonds. The fraction of sp³-hybridized carbons (Fsp3) is 0.647. The predicted octanol–water partition coefficient (Wildman–Crippen LogP) is 3.21. The molecule has 1 aromatic carbocycles. The summed E-state index contributed by atoms with van der Waals surface area (Å²) in [6, 6.07) is 5.65. The van der Waals surface area contributed by atoms with E-state index in [4.69, 9.17) is 16.3 Å². The largest absolute Gasteiger partial charge is 0.381 e. The Balaban J connectivity index is 1.78. The Labute approximate surface area is 136 Å². The molecule has 3 rings (SSSR count). The van der Waals surface area contributed by atoms with Crippen LogP contribution in [0.2, 0.25) is 5.02 Å². The van der Waals surface area contributed by atoms with Crippen molar-refractivity contribution in [3.63, 3.8) is 0 Å². The predicted molar refractivity (Wildman–Crippen MR) is 86.7 cm³/mol. The zero-order valence-corrected chi connectivity index (χ0v) is 13.6. The summed E-state index contributed by atoms with van der Waals surface area (Å²) in [6.45, 7) is 4.45. The number of nitrogens with one attached hydrogen (secondary N) is 1. The molecule has 1 atom stereocenters. The first-order chi connectivity index (χ1) is 10.7. The highest BCUT2D eigenvalue weighted by atomic mass is 35.5. The molecule has 3 nitrogen and oxygen atoms in total. The Morgan fingerprint density at radius 3 is 2.77 bits per heavy atom. The fourth-order valence-corrected chi connectivity index (χ4v) is 3.73. The lowest BCUT2D eigenvalue weighted by Crippen LogP contribution is -2.51. The number of ether oxygens (including phenoxy) is 1. The number of hydrogen-bond acceptors (Lipinski definition) is 3. The van der Waals surface area contributed by atoms with Crippen molar-refractivity contribution in [1.29, 1.82) is 0 Å². The molecule has 0 aliphatic carbocycles. The molecule has 1 N–H and O–H groups in total. The van der Waals surface area contributed by atoms with Crippen molar-refractivity contribution in [2.24, 2.45) is 0 Å². The molecule has 2 fully saturated rings. The first-order valence-corrected chi connectivity index (χ1v) is 8.60. The van der Waals surface area contributed by atoms with Crippen LogP contribution >= 0.6 is 11.6 Å². The zero-order valence-electron chi connectivity index (χ0n) is 12.9. The van der Waals surface area contributed by atoms with Gasteiger partial charge < -0.3 is 10.1 Å². The molecular weight excluding hydrogens is 303 g/mol. The maximum absolute atomic E-state index is 13.6. The van der Waals surface area contributed by atoms with Gasteiger partial charge in [0.25, 0.3) is 0 Å². The topological polar surface area (TPSA) is 24.5 Å². The lowest BCUT2D eigenvalue weighted by molar-refractivity contribution is 0.00766. The summed E-state index contributed by atoms with van der Waals surface area (Å²) >= 11 is 6.28. The molecule has 0 saturated carbocycles. The normalized spacial score (nSPS) is 23.9. The molecule has 0 bridgehead atoms. The Kier molecular flexibility index (Phi) is 5.69. The molecular formula is C17H24ClFN2O. The van der Waals surface area contributed by atoms with E-state index in [0.717, 1.165) is 44.7 Å². The summed E-state index contributed by atoms with van der Waals surface area (Å²) in [4.78, 5) is 2.52. The van der Waals surface area contributed by atoms with Gasteiger partial charge in [-0.25, -0.2) is 4.39 Å². The van der Waals surface area contributed by atoms with E-state index in [1.165, 1.54) is 18.9 Å². The van der Waals surface area contributed by atoms with E-state index < -0.39 is 0 Å². The van der Waals surface area contributed by atoms with Crippen LogP contribution in [0, 0.1) is 5.82 Å². The van der Waals surface area contributed by atoms with E-state index in [-0.39, 0.29) is 5.82 Å². The Morgan fingerprint density at radius 1 is 1.23 bits per heavy atom. The van der Waals surface area contributed by atoms with E-state index in [1.807, 2.05) is 0 Å². The third-order valence-electron chi connectivity index (χ3n) is 4.76. The quantitative estimate of drug-likeness (QED) is 0.919. The van der Waals surface area contributed by atoms with Crippen LogP contribution < -0.4 is 5.32 Å². The fourth-order valence-electron chi connectivity index (χ4n) is 3.55. The summed E-state index contributed by atoms with van der Waals surface area (Å²) < 4.78 is 19.1. The van der Waals surface area contributed by atoms with Gasteiger partial charge in [-0.3, -0.25) is 4.90 Å². The molecule has 2 aliphatic heterocycles. The number of rotatable bonds is 4. The van der Waals surface area contributed by atoms with Gasteiger partial charge in [0.05, 0.1) is 0 Å². The molecule has 0 radical (unpaired) electrons. The van der Waals surface area contributed by atoms with Gasteiger partial charge in [-0.05, 0) is 56.0 Å². The van der Waals surface area contributed by atoms with Crippen molar-refractivity contribution in [3.8, 4) is 0 Å². The third kappa shape index (κ3) is 3.99. The molecule has 1 aromatic rings. The van der Waals surface area contributed by atoms with Gasteiger partial charge in [-0.2, -0.15) is 0 Å². The van der Waals surface area contributed by atoms with Crippen LogP contribution in [0.5, 0.6) is 0 Å². The second-order valence-corrected chi connectivity index (χ2v) is 6.66. The Bertz CT molecular complexity index is 470. The van der Waals surface area contributed by atoms with E-state index >= 15 is 0 Å². The van der Waals surface area contributed by atoms with Gasteiger partial charge >= 0.3 is 0 Å². The first-order valence-electron chi connectivity index (χ1n) is 8.22. The van der Waals surface area contributed by atoms with Gasteiger partial charge in [0, 0.05) is 43.4 Å². The Hall–Kier alpha value is -0.680. The van der Waals surface area contributed by atoms with Gasteiger partial charge in [0.1, 0.15) is 5.82 Å². The lowest BCUT2D eigenvalue weighted by atomic mass is 9.98. The minimum absolute atomic E-state index is 0.215. The molecule has 2 aliphatic rings. The lowest BCUT2D eigenvalue weighted by Gasteiger charge is -2.42. The van der Waals surface area contributed by atoms with Crippen molar-refractivity contribution < 1.29 is 9.13 Å². The minimum atomic E-state index is -0.215. The van der Waals surface area contributed by atoms with Crippen molar-refractivity contribution in [2.75, 3.05) is 26.3 Å². The van der Waals surface area contributed by atoms with Crippen molar-refractivity contribution in [1.82, 2.24) is 10.2 Å². The smallest absolute Gasteiger partial charge is 0.123 e. The van der Waals surface area contributed by atoms with Crippen LogP contribution in [0.1, 0.15) is 31.2 Å². The molecule has 5 heteroatoms. The van der Waals surface area contributed by atoms with Crippen LogP contribution in [-0.2, 0) is 11.3 Å². The van der Waals surface area contributed by atoms with Gasteiger partial charge in [-0.1, -0.05) is 11.6 Å². The van der Waals surface area contributed by atoms with Crippen LogP contribution in [0.4, 0.5) is 4.39 Å². The van der Waals surface area contributed by atoms with Crippen molar-refractivity contribution >= 4 is 11.6 Å². The number of hydrogen-bond donors (Lipinski definition) is 1. The standard InChI is InChI=1S/C17H24ClFN2O/c18-17-4-3-14(19)10-13(17)12-21(15-5-8-22-9-6-15)16-2-1-7-20-11-16/h3-4,10,15-16,20H,1-2,5-9,11-12H2/t16-/m1/s1. The second-order valence-electron chi connectivity index (χ2n) is 6.25.